The number of hydrogen-bond acceptors (Lipinski definition) is 5. The van der Waals surface area contributed by atoms with E-state index in [-0.39, 0.29) is 16.5 Å². The minimum atomic E-state index is -3.83. The summed E-state index contributed by atoms with van der Waals surface area (Å²) in [6.45, 7) is 1.42. The number of nitrogens with two attached hydrogens (primary N) is 1. The molecule has 1 aromatic heterocycles. The number of halogens is 1. The molecule has 0 radical (unpaired) electrons. The van der Waals surface area contributed by atoms with E-state index >= 15 is 0 Å². The molecule has 1 rings (SSSR count). The first kappa shape index (κ1) is 8.35. The Morgan fingerprint density at radius 1 is 1.64 bits per heavy atom. The molecular weight excluding hydrogens is 192 g/mol. The highest BCUT2D eigenvalue weighted by Crippen LogP contribution is 2.24. The van der Waals surface area contributed by atoms with Gasteiger partial charge in [-0.1, -0.05) is 5.16 Å². The minimum absolute atomic E-state index is 0.0949. The van der Waals surface area contributed by atoms with Gasteiger partial charge in [-0.15, -0.1) is 0 Å². The van der Waals surface area contributed by atoms with E-state index in [0.717, 1.165) is 0 Å². The number of anilines is 1. The first-order valence-corrected chi connectivity index (χ1v) is 4.90. The Bertz CT molecular complexity index is 349. The number of nitrogens with zero attached hydrogens (tertiary/aromatic N) is 1. The maximum Gasteiger partial charge on any atom is 0.268 e. The van der Waals surface area contributed by atoms with Gasteiger partial charge in [-0.05, 0) is 6.92 Å². The van der Waals surface area contributed by atoms with Crippen LogP contribution in [0.4, 0.5) is 5.82 Å². The van der Waals surface area contributed by atoms with Gasteiger partial charge in [-0.25, -0.2) is 8.42 Å². The molecule has 0 atom stereocenters. The molecular formula is C4H5ClN2O3S. The molecule has 0 aliphatic rings. The molecule has 7 heteroatoms. The van der Waals surface area contributed by atoms with Gasteiger partial charge >= 0.3 is 0 Å². The Kier molecular flexibility index (Phi) is 1.81. The van der Waals surface area contributed by atoms with Gasteiger partial charge in [-0.2, -0.15) is 0 Å². The van der Waals surface area contributed by atoms with Crippen molar-refractivity contribution in [2.45, 2.75) is 11.8 Å². The SMILES string of the molecule is Cc1onc(N)c1S(=O)(=O)Cl. The quantitative estimate of drug-likeness (QED) is 0.661. The molecule has 0 aliphatic heterocycles. The molecule has 0 fully saturated rings. The molecule has 1 heterocycles. The van der Waals surface area contributed by atoms with E-state index in [1.54, 1.807) is 0 Å². The van der Waals surface area contributed by atoms with Crippen molar-refractivity contribution in [3.05, 3.63) is 5.76 Å². The van der Waals surface area contributed by atoms with Gasteiger partial charge in [0.2, 0.25) is 0 Å². The lowest BCUT2D eigenvalue weighted by atomic mass is 10.5. The highest BCUT2D eigenvalue weighted by Gasteiger charge is 2.22. The van der Waals surface area contributed by atoms with E-state index in [4.69, 9.17) is 16.4 Å². The summed E-state index contributed by atoms with van der Waals surface area (Å²) < 4.78 is 25.9. The maximum absolute atomic E-state index is 10.7. The van der Waals surface area contributed by atoms with E-state index in [9.17, 15) is 8.42 Å². The Balaban J connectivity index is 3.45. The predicted octanol–water partition coefficient (Wildman–Crippen LogP) is 0.493. The van der Waals surface area contributed by atoms with Crippen molar-refractivity contribution < 1.29 is 12.9 Å². The van der Waals surface area contributed by atoms with Crippen LogP contribution in [0.1, 0.15) is 5.76 Å². The number of aryl methyl sites for hydroxylation is 1. The van der Waals surface area contributed by atoms with Gasteiger partial charge in [0.05, 0.1) is 0 Å². The van der Waals surface area contributed by atoms with Crippen LogP contribution in [0.15, 0.2) is 9.42 Å². The Labute approximate surface area is 67.5 Å². The van der Waals surface area contributed by atoms with Crippen LogP contribution in [0, 0.1) is 6.92 Å². The van der Waals surface area contributed by atoms with E-state index in [1.165, 1.54) is 6.92 Å². The second-order valence-electron chi connectivity index (χ2n) is 1.89. The third-order valence-corrected chi connectivity index (χ3v) is 2.52. The molecule has 11 heavy (non-hydrogen) atoms. The first-order chi connectivity index (χ1) is 4.93. The summed E-state index contributed by atoms with van der Waals surface area (Å²) in [4.78, 5) is -0.251. The molecule has 0 bridgehead atoms. The minimum Gasteiger partial charge on any atom is -0.380 e. The van der Waals surface area contributed by atoms with E-state index in [0.29, 0.717) is 0 Å². The summed E-state index contributed by atoms with van der Waals surface area (Å²) in [5, 5.41) is 3.22. The fourth-order valence-electron chi connectivity index (χ4n) is 0.677. The zero-order valence-electron chi connectivity index (χ0n) is 5.54. The monoisotopic (exact) mass is 196 g/mol. The summed E-state index contributed by atoms with van der Waals surface area (Å²) in [5.41, 5.74) is 5.16. The number of rotatable bonds is 1. The highest BCUT2D eigenvalue weighted by atomic mass is 35.7. The maximum atomic E-state index is 10.7. The topological polar surface area (TPSA) is 86.2 Å². The summed E-state index contributed by atoms with van der Waals surface area (Å²) in [5.74, 6) is -0.116. The van der Waals surface area contributed by atoms with Crippen molar-refractivity contribution in [2.75, 3.05) is 5.73 Å². The lowest BCUT2D eigenvalue weighted by Gasteiger charge is -1.89. The van der Waals surface area contributed by atoms with Gasteiger partial charge in [0.15, 0.2) is 16.5 Å². The molecule has 5 nitrogen and oxygen atoms in total. The van der Waals surface area contributed by atoms with Gasteiger partial charge in [0, 0.05) is 10.7 Å². The predicted molar refractivity (Wildman–Crippen MR) is 38.7 cm³/mol. The number of nitrogen functional groups attached to an aromatic ring is 1. The third kappa shape index (κ3) is 1.46. The summed E-state index contributed by atoms with van der Waals surface area (Å²) in [6, 6.07) is 0. The largest absolute Gasteiger partial charge is 0.380 e. The van der Waals surface area contributed by atoms with Gasteiger partial charge < -0.3 is 10.3 Å². The van der Waals surface area contributed by atoms with Crippen molar-refractivity contribution in [3.8, 4) is 0 Å². The van der Waals surface area contributed by atoms with Crippen molar-refractivity contribution in [2.24, 2.45) is 0 Å². The van der Waals surface area contributed by atoms with Gasteiger partial charge in [-0.3, -0.25) is 0 Å². The van der Waals surface area contributed by atoms with Crippen molar-refractivity contribution >= 4 is 25.6 Å². The van der Waals surface area contributed by atoms with Crippen molar-refractivity contribution in [1.82, 2.24) is 5.16 Å². The molecule has 0 aliphatic carbocycles. The first-order valence-electron chi connectivity index (χ1n) is 2.59. The standard InChI is InChI=1S/C4H5ClN2O3S/c1-2-3(11(5,8)9)4(6)7-10-2/h1H3,(H2,6,7). The zero-order chi connectivity index (χ0) is 8.65. The van der Waals surface area contributed by atoms with E-state index in [1.807, 2.05) is 0 Å². The summed E-state index contributed by atoms with van der Waals surface area (Å²) >= 11 is 0. The molecule has 0 spiro atoms. The summed E-state index contributed by atoms with van der Waals surface area (Å²) in [6.07, 6.45) is 0. The van der Waals surface area contributed by atoms with Crippen LogP contribution in [0.25, 0.3) is 0 Å². The van der Waals surface area contributed by atoms with Crippen molar-refractivity contribution in [1.29, 1.82) is 0 Å². The zero-order valence-corrected chi connectivity index (χ0v) is 7.11. The normalized spacial score (nSPS) is 11.8. The van der Waals surface area contributed by atoms with Crippen LogP contribution in [0.3, 0.4) is 0 Å². The van der Waals surface area contributed by atoms with Crippen LogP contribution in [0.2, 0.25) is 0 Å². The highest BCUT2D eigenvalue weighted by molar-refractivity contribution is 8.13. The molecule has 0 saturated heterocycles. The van der Waals surface area contributed by atoms with Crippen LogP contribution in [-0.2, 0) is 9.05 Å². The Morgan fingerprint density at radius 3 is 2.36 bits per heavy atom. The average Bonchev–Trinajstić information content (AvgIpc) is 2.08. The van der Waals surface area contributed by atoms with Crippen LogP contribution in [-0.4, -0.2) is 13.6 Å². The second kappa shape index (κ2) is 2.38. The third-order valence-electron chi connectivity index (χ3n) is 1.08. The Hall–Kier alpha value is -0.750. The van der Waals surface area contributed by atoms with Crippen LogP contribution in [0.5, 0.6) is 0 Å². The van der Waals surface area contributed by atoms with E-state index < -0.39 is 9.05 Å². The smallest absolute Gasteiger partial charge is 0.268 e. The van der Waals surface area contributed by atoms with Gasteiger partial charge in [0.1, 0.15) is 0 Å². The van der Waals surface area contributed by atoms with E-state index in [2.05, 4.69) is 9.68 Å². The average molecular weight is 197 g/mol. The Morgan fingerprint density at radius 2 is 2.18 bits per heavy atom. The van der Waals surface area contributed by atoms with Gasteiger partial charge in [0.25, 0.3) is 9.05 Å². The molecule has 0 aromatic carbocycles. The molecule has 0 amide bonds. The fraction of sp³-hybridized carbons (Fsp3) is 0.250. The molecule has 0 saturated carbocycles. The van der Waals surface area contributed by atoms with Crippen molar-refractivity contribution in [3.63, 3.8) is 0 Å². The second-order valence-corrected chi connectivity index (χ2v) is 4.39. The lowest BCUT2D eigenvalue weighted by molar-refractivity contribution is 0.396. The molecule has 62 valence electrons. The number of hydrogen-bond donors (Lipinski definition) is 1. The summed E-state index contributed by atoms with van der Waals surface area (Å²) in [7, 11) is 1.17. The molecule has 0 unspecified atom stereocenters. The molecule has 2 N–H and O–H groups in total. The number of aromatic nitrogens is 1. The van der Waals surface area contributed by atoms with Crippen LogP contribution >= 0.6 is 10.7 Å². The van der Waals surface area contributed by atoms with Crippen LogP contribution < -0.4 is 5.73 Å². The molecule has 1 aromatic rings. The fourth-order valence-corrected chi connectivity index (χ4v) is 1.91. The lowest BCUT2D eigenvalue weighted by Crippen LogP contribution is -1.96.